The van der Waals surface area contributed by atoms with E-state index in [0.717, 1.165) is 12.1 Å². The molecule has 7 heteroatoms. The first-order valence-corrected chi connectivity index (χ1v) is 9.09. The Hall–Kier alpha value is -2.83. The number of H-pyrrole nitrogens is 1. The smallest absolute Gasteiger partial charge is 0.330 e. The number of anilines is 1. The van der Waals surface area contributed by atoms with E-state index in [9.17, 15) is 9.59 Å². The van der Waals surface area contributed by atoms with Crippen LogP contribution in [0.4, 0.5) is 5.82 Å². The van der Waals surface area contributed by atoms with Crippen molar-refractivity contribution in [2.24, 2.45) is 0 Å². The topological polar surface area (TPSA) is 70.1 Å². The zero-order valence-electron chi connectivity index (χ0n) is 14.6. The van der Waals surface area contributed by atoms with Crippen LogP contribution < -0.4 is 16.6 Å². The minimum Gasteiger partial charge on any atom is -0.358 e. The number of aromatic nitrogens is 2. The van der Waals surface area contributed by atoms with Gasteiger partial charge in [0.15, 0.2) is 0 Å². The van der Waals surface area contributed by atoms with Crippen LogP contribution in [-0.2, 0) is 19.6 Å². The Morgan fingerprint density at radius 3 is 2.48 bits per heavy atom. The summed E-state index contributed by atoms with van der Waals surface area (Å²) in [6, 6.07) is 17.5. The maximum Gasteiger partial charge on any atom is 0.330 e. The van der Waals surface area contributed by atoms with E-state index in [4.69, 9.17) is 11.6 Å². The Morgan fingerprint density at radius 1 is 0.963 bits per heavy atom. The number of halogens is 1. The largest absolute Gasteiger partial charge is 0.358 e. The van der Waals surface area contributed by atoms with Gasteiger partial charge in [0.2, 0.25) is 0 Å². The molecular formula is C20H19ClN4O2. The summed E-state index contributed by atoms with van der Waals surface area (Å²) < 4.78 is 1.54. The molecule has 6 nitrogen and oxygen atoms in total. The third-order valence-corrected chi connectivity index (χ3v) is 5.05. The Labute approximate surface area is 161 Å². The fourth-order valence-electron chi connectivity index (χ4n) is 3.33. The van der Waals surface area contributed by atoms with Crippen LogP contribution in [0.3, 0.4) is 0 Å². The van der Waals surface area contributed by atoms with Crippen molar-refractivity contribution in [3.05, 3.63) is 97.1 Å². The van der Waals surface area contributed by atoms with Crippen LogP contribution in [0, 0.1) is 0 Å². The normalized spacial score (nSPS) is 13.8. The van der Waals surface area contributed by atoms with E-state index in [1.54, 1.807) is 6.07 Å². The molecule has 3 aromatic rings. The van der Waals surface area contributed by atoms with E-state index in [0.29, 0.717) is 36.2 Å². The predicted octanol–water partition coefficient (Wildman–Crippen LogP) is 2.62. The van der Waals surface area contributed by atoms with Crippen LogP contribution in [-0.4, -0.2) is 21.1 Å². The molecule has 2 N–H and O–H groups in total. The van der Waals surface area contributed by atoms with Crippen molar-refractivity contribution in [2.75, 3.05) is 12.0 Å². The molecule has 0 saturated heterocycles. The highest BCUT2D eigenvalue weighted by Gasteiger charge is 2.23. The lowest BCUT2D eigenvalue weighted by Gasteiger charge is -2.30. The average molecular weight is 383 g/mol. The number of hydrogen-bond acceptors (Lipinski definition) is 4. The molecule has 0 fully saturated rings. The number of benzene rings is 2. The van der Waals surface area contributed by atoms with Gasteiger partial charge in [-0.1, -0.05) is 60.1 Å². The van der Waals surface area contributed by atoms with Crippen molar-refractivity contribution in [1.82, 2.24) is 14.5 Å². The molecule has 0 unspecified atom stereocenters. The van der Waals surface area contributed by atoms with Crippen LogP contribution in [0.5, 0.6) is 0 Å². The highest BCUT2D eigenvalue weighted by Crippen LogP contribution is 2.22. The third kappa shape index (κ3) is 3.67. The van der Waals surface area contributed by atoms with Crippen molar-refractivity contribution >= 4 is 17.4 Å². The second kappa shape index (κ2) is 7.42. The molecule has 1 aliphatic heterocycles. The molecule has 0 bridgehead atoms. The van der Waals surface area contributed by atoms with E-state index in [-0.39, 0.29) is 5.56 Å². The first kappa shape index (κ1) is 17.6. The van der Waals surface area contributed by atoms with Gasteiger partial charge in [-0.15, -0.1) is 0 Å². The van der Waals surface area contributed by atoms with E-state index >= 15 is 0 Å². The molecule has 0 saturated carbocycles. The lowest BCUT2D eigenvalue weighted by Crippen LogP contribution is -2.43. The summed E-state index contributed by atoms with van der Waals surface area (Å²) in [5.74, 6) is 0.563. The number of fused-ring (bicyclic) bond motifs is 1. The molecule has 0 spiro atoms. The molecule has 0 radical (unpaired) electrons. The van der Waals surface area contributed by atoms with Crippen LogP contribution in [0.1, 0.15) is 16.7 Å². The summed E-state index contributed by atoms with van der Waals surface area (Å²) in [4.78, 5) is 29.4. The van der Waals surface area contributed by atoms with Gasteiger partial charge in [-0.05, 0) is 17.2 Å². The number of aromatic amines is 1. The second-order valence-electron chi connectivity index (χ2n) is 6.57. The lowest BCUT2D eigenvalue weighted by atomic mass is 10.1. The van der Waals surface area contributed by atoms with Crippen LogP contribution in [0.25, 0.3) is 0 Å². The Balaban J connectivity index is 1.65. The Bertz CT molecular complexity index is 1080. The predicted molar refractivity (Wildman–Crippen MR) is 106 cm³/mol. The van der Waals surface area contributed by atoms with E-state index in [1.165, 1.54) is 10.1 Å². The summed E-state index contributed by atoms with van der Waals surface area (Å²) in [5, 5.41) is 3.84. The summed E-state index contributed by atoms with van der Waals surface area (Å²) in [6.45, 7) is 2.03. The number of nitrogens with one attached hydrogen (secondary N) is 2. The molecule has 1 aromatic heterocycles. The van der Waals surface area contributed by atoms with Gasteiger partial charge in [-0.2, -0.15) is 0 Å². The minimum atomic E-state index is -0.442. The summed E-state index contributed by atoms with van der Waals surface area (Å²) in [6.07, 6.45) is 0. The summed E-state index contributed by atoms with van der Waals surface area (Å²) in [7, 11) is 0. The standard InChI is InChI=1S/C20H19ClN4O2/c21-17-9-5-4-8-15(17)11-25-18-16(19(26)23-20(25)27)12-24(13-22-18)10-14-6-2-1-3-7-14/h1-9,22H,10-13H2,(H,23,26,27). The summed E-state index contributed by atoms with van der Waals surface area (Å²) in [5.41, 5.74) is 1.76. The van der Waals surface area contributed by atoms with Gasteiger partial charge in [-0.25, -0.2) is 4.79 Å². The first-order chi connectivity index (χ1) is 13.1. The molecule has 2 heterocycles. The monoisotopic (exact) mass is 382 g/mol. The number of nitrogens with zero attached hydrogens (tertiary/aromatic N) is 2. The highest BCUT2D eigenvalue weighted by atomic mass is 35.5. The summed E-state index contributed by atoms with van der Waals surface area (Å²) >= 11 is 6.24. The van der Waals surface area contributed by atoms with E-state index in [2.05, 4.69) is 27.3 Å². The van der Waals surface area contributed by atoms with Gasteiger partial charge in [0.1, 0.15) is 5.82 Å². The second-order valence-corrected chi connectivity index (χ2v) is 6.98. The van der Waals surface area contributed by atoms with Gasteiger partial charge in [-0.3, -0.25) is 19.2 Å². The van der Waals surface area contributed by atoms with Crippen molar-refractivity contribution in [3.63, 3.8) is 0 Å². The van der Waals surface area contributed by atoms with Crippen LogP contribution >= 0.6 is 11.6 Å². The zero-order chi connectivity index (χ0) is 18.8. The molecule has 2 aromatic carbocycles. The van der Waals surface area contributed by atoms with Gasteiger partial charge in [0, 0.05) is 18.1 Å². The molecule has 138 valence electrons. The SMILES string of the molecule is O=c1[nH]c(=O)n(Cc2ccccc2Cl)c2c1CN(Cc1ccccc1)CN2. The quantitative estimate of drug-likeness (QED) is 0.727. The Morgan fingerprint density at radius 2 is 1.70 bits per heavy atom. The van der Waals surface area contributed by atoms with E-state index in [1.807, 2.05) is 36.4 Å². The van der Waals surface area contributed by atoms with Gasteiger partial charge < -0.3 is 5.32 Å². The van der Waals surface area contributed by atoms with Gasteiger partial charge >= 0.3 is 5.69 Å². The average Bonchev–Trinajstić information content (AvgIpc) is 2.67. The van der Waals surface area contributed by atoms with Crippen molar-refractivity contribution in [1.29, 1.82) is 0 Å². The molecule has 0 atom stereocenters. The first-order valence-electron chi connectivity index (χ1n) is 8.71. The molecule has 0 amide bonds. The zero-order valence-corrected chi connectivity index (χ0v) is 15.4. The molecule has 1 aliphatic rings. The fourth-order valence-corrected chi connectivity index (χ4v) is 3.52. The van der Waals surface area contributed by atoms with Crippen molar-refractivity contribution in [2.45, 2.75) is 19.6 Å². The molecule has 4 rings (SSSR count). The number of rotatable bonds is 4. The molecule has 0 aliphatic carbocycles. The molecule has 27 heavy (non-hydrogen) atoms. The van der Waals surface area contributed by atoms with Gasteiger partial charge in [0.05, 0.1) is 18.8 Å². The lowest BCUT2D eigenvalue weighted by molar-refractivity contribution is 0.262. The number of hydrogen-bond donors (Lipinski definition) is 2. The van der Waals surface area contributed by atoms with Crippen molar-refractivity contribution < 1.29 is 0 Å². The maximum absolute atomic E-state index is 12.4. The minimum absolute atomic E-state index is 0.295. The Kier molecular flexibility index (Phi) is 4.83. The highest BCUT2D eigenvalue weighted by molar-refractivity contribution is 6.31. The fraction of sp³-hybridized carbons (Fsp3) is 0.200. The third-order valence-electron chi connectivity index (χ3n) is 4.68. The van der Waals surface area contributed by atoms with Crippen LogP contribution in [0.15, 0.2) is 64.2 Å². The van der Waals surface area contributed by atoms with E-state index < -0.39 is 5.69 Å². The van der Waals surface area contributed by atoms with Crippen LogP contribution in [0.2, 0.25) is 5.02 Å². The maximum atomic E-state index is 12.4. The van der Waals surface area contributed by atoms with Gasteiger partial charge in [0.25, 0.3) is 5.56 Å². The van der Waals surface area contributed by atoms with Crippen molar-refractivity contribution in [3.8, 4) is 0 Å². The molecular weight excluding hydrogens is 364 g/mol.